The lowest BCUT2D eigenvalue weighted by Crippen LogP contribution is -2.08. The van der Waals surface area contributed by atoms with E-state index in [1.807, 2.05) is 0 Å². The summed E-state index contributed by atoms with van der Waals surface area (Å²) in [6.07, 6.45) is 0. The summed E-state index contributed by atoms with van der Waals surface area (Å²) < 4.78 is 25.0. The molecule has 0 radical (unpaired) electrons. The number of nitrogens with two attached hydrogens (primary N) is 2. The summed E-state index contributed by atoms with van der Waals surface area (Å²) >= 11 is 0. The molecule has 2 rings (SSSR count). The summed E-state index contributed by atoms with van der Waals surface area (Å²) in [5.41, 5.74) is 10.2. The highest BCUT2D eigenvalue weighted by Gasteiger charge is 2.21. The van der Waals surface area contributed by atoms with Gasteiger partial charge in [0.25, 0.3) is 0 Å². The highest BCUT2D eigenvalue weighted by atomic mass is 32.2. The summed E-state index contributed by atoms with van der Waals surface area (Å²) in [6, 6.07) is 6.44. The molecule has 0 heterocycles. The van der Waals surface area contributed by atoms with Gasteiger partial charge >= 0.3 is 11.9 Å². The van der Waals surface area contributed by atoms with Crippen LogP contribution < -0.4 is 11.5 Å². The zero-order chi connectivity index (χ0) is 17.4. The Morgan fingerprint density at radius 3 is 1.39 bits per heavy atom. The maximum absolute atomic E-state index is 12.5. The van der Waals surface area contributed by atoms with Crippen molar-refractivity contribution in [1.29, 1.82) is 0 Å². The summed E-state index contributed by atoms with van der Waals surface area (Å²) in [5, 5.41) is 17.8. The number of anilines is 2. The van der Waals surface area contributed by atoms with Gasteiger partial charge in [-0.3, -0.25) is 0 Å². The first-order chi connectivity index (χ1) is 10.6. The Bertz CT molecular complexity index is 851. The highest BCUT2D eigenvalue weighted by Crippen LogP contribution is 2.27. The molecular formula is C14H12N2O6S. The summed E-state index contributed by atoms with van der Waals surface area (Å²) in [7, 11) is -4.01. The predicted molar refractivity (Wildman–Crippen MR) is 81.1 cm³/mol. The molecule has 8 nitrogen and oxygen atoms in total. The van der Waals surface area contributed by atoms with Gasteiger partial charge in [-0.1, -0.05) is 0 Å². The first-order valence-electron chi connectivity index (χ1n) is 6.15. The van der Waals surface area contributed by atoms with Crippen LogP contribution >= 0.6 is 0 Å². The zero-order valence-corrected chi connectivity index (χ0v) is 12.4. The van der Waals surface area contributed by atoms with Gasteiger partial charge in [-0.25, -0.2) is 18.0 Å². The van der Waals surface area contributed by atoms with Crippen molar-refractivity contribution in [1.82, 2.24) is 0 Å². The fourth-order valence-corrected chi connectivity index (χ4v) is 3.27. The van der Waals surface area contributed by atoms with E-state index in [1.165, 1.54) is 0 Å². The van der Waals surface area contributed by atoms with E-state index in [2.05, 4.69) is 0 Å². The summed E-state index contributed by atoms with van der Waals surface area (Å²) in [6.45, 7) is 0. The van der Waals surface area contributed by atoms with Gasteiger partial charge in [0, 0.05) is 11.4 Å². The number of aromatic carboxylic acids is 2. The number of sulfone groups is 1. The molecule has 0 bridgehead atoms. The van der Waals surface area contributed by atoms with Gasteiger partial charge in [0.05, 0.1) is 20.9 Å². The molecule has 0 amide bonds. The molecule has 23 heavy (non-hydrogen) atoms. The predicted octanol–water partition coefficient (Wildman–Crippen LogP) is 1.08. The van der Waals surface area contributed by atoms with E-state index in [0.717, 1.165) is 36.4 Å². The number of rotatable bonds is 4. The second kappa shape index (κ2) is 5.61. The molecule has 0 saturated heterocycles. The van der Waals surface area contributed by atoms with Crippen LogP contribution in [-0.2, 0) is 9.84 Å². The lowest BCUT2D eigenvalue weighted by molar-refractivity contribution is 0.0687. The molecule has 120 valence electrons. The zero-order valence-electron chi connectivity index (χ0n) is 11.6. The van der Waals surface area contributed by atoms with E-state index in [1.54, 1.807) is 0 Å². The van der Waals surface area contributed by atoms with E-state index in [9.17, 15) is 18.0 Å². The lowest BCUT2D eigenvalue weighted by Gasteiger charge is -2.09. The van der Waals surface area contributed by atoms with Gasteiger partial charge in [-0.05, 0) is 36.4 Å². The molecule has 0 aromatic heterocycles. The maximum Gasteiger partial charge on any atom is 0.337 e. The Kier molecular flexibility index (Phi) is 3.98. The van der Waals surface area contributed by atoms with Crippen LogP contribution in [0.3, 0.4) is 0 Å². The van der Waals surface area contributed by atoms with Gasteiger partial charge in [0.2, 0.25) is 9.84 Å². The third-order valence-corrected chi connectivity index (χ3v) is 4.88. The Labute approximate surface area is 130 Å². The molecule has 0 spiro atoms. The number of carboxylic acid groups (broad SMARTS) is 2. The van der Waals surface area contributed by atoms with Crippen LogP contribution in [0.5, 0.6) is 0 Å². The van der Waals surface area contributed by atoms with Gasteiger partial charge in [-0.15, -0.1) is 0 Å². The SMILES string of the molecule is Nc1cc(S(=O)(=O)c2ccc(C(=O)O)c(N)c2)ccc1C(=O)O. The van der Waals surface area contributed by atoms with Gasteiger partial charge < -0.3 is 21.7 Å². The second-order valence-corrected chi connectivity index (χ2v) is 6.56. The number of hydrogen-bond acceptors (Lipinski definition) is 6. The molecule has 0 unspecified atom stereocenters. The largest absolute Gasteiger partial charge is 0.478 e. The van der Waals surface area contributed by atoms with Crippen molar-refractivity contribution >= 4 is 33.2 Å². The van der Waals surface area contributed by atoms with Crippen molar-refractivity contribution in [3.8, 4) is 0 Å². The molecule has 0 aliphatic heterocycles. The van der Waals surface area contributed by atoms with Crippen LogP contribution in [0.4, 0.5) is 11.4 Å². The monoisotopic (exact) mass is 336 g/mol. The normalized spacial score (nSPS) is 11.1. The highest BCUT2D eigenvalue weighted by molar-refractivity contribution is 7.91. The van der Waals surface area contributed by atoms with E-state index in [-0.39, 0.29) is 32.3 Å². The first-order valence-corrected chi connectivity index (χ1v) is 7.63. The van der Waals surface area contributed by atoms with Crippen molar-refractivity contribution in [2.24, 2.45) is 0 Å². The Morgan fingerprint density at radius 2 is 1.13 bits per heavy atom. The van der Waals surface area contributed by atoms with Crippen LogP contribution in [0.1, 0.15) is 20.7 Å². The third kappa shape index (κ3) is 2.94. The van der Waals surface area contributed by atoms with E-state index >= 15 is 0 Å². The van der Waals surface area contributed by atoms with Crippen LogP contribution in [0, 0.1) is 0 Å². The van der Waals surface area contributed by atoms with Crippen molar-refractivity contribution in [2.75, 3.05) is 11.5 Å². The molecule has 0 aliphatic rings. The number of carboxylic acids is 2. The fraction of sp³-hybridized carbons (Fsp3) is 0. The van der Waals surface area contributed by atoms with Gasteiger partial charge in [-0.2, -0.15) is 0 Å². The molecular weight excluding hydrogens is 324 g/mol. The molecule has 2 aromatic carbocycles. The third-order valence-electron chi connectivity index (χ3n) is 3.13. The minimum atomic E-state index is -4.01. The van der Waals surface area contributed by atoms with E-state index in [0.29, 0.717) is 0 Å². The van der Waals surface area contributed by atoms with Crippen molar-refractivity contribution in [2.45, 2.75) is 9.79 Å². The summed E-state index contributed by atoms with van der Waals surface area (Å²) in [4.78, 5) is 21.4. The number of hydrogen-bond donors (Lipinski definition) is 4. The van der Waals surface area contributed by atoms with Gasteiger partial charge in [0.15, 0.2) is 0 Å². The second-order valence-electron chi connectivity index (χ2n) is 4.61. The number of benzene rings is 2. The Morgan fingerprint density at radius 1 is 0.783 bits per heavy atom. The van der Waals surface area contributed by atoms with Crippen LogP contribution in [0.15, 0.2) is 46.2 Å². The molecule has 0 saturated carbocycles. The average molecular weight is 336 g/mol. The van der Waals surface area contributed by atoms with Crippen LogP contribution in [0.2, 0.25) is 0 Å². The minimum absolute atomic E-state index is 0.200. The topological polar surface area (TPSA) is 161 Å². The quantitative estimate of drug-likeness (QED) is 0.603. The smallest absolute Gasteiger partial charge is 0.337 e. The number of nitrogen functional groups attached to an aromatic ring is 2. The Hall–Kier alpha value is -3.07. The Balaban J connectivity index is 2.55. The summed E-state index contributed by atoms with van der Waals surface area (Å²) in [5.74, 6) is -2.55. The van der Waals surface area contributed by atoms with Gasteiger partial charge in [0.1, 0.15) is 0 Å². The number of carbonyl (C=O) groups is 2. The van der Waals surface area contributed by atoms with E-state index in [4.69, 9.17) is 21.7 Å². The molecule has 6 N–H and O–H groups in total. The molecule has 9 heteroatoms. The fourth-order valence-electron chi connectivity index (χ4n) is 1.94. The molecule has 2 aromatic rings. The van der Waals surface area contributed by atoms with Crippen molar-refractivity contribution in [3.63, 3.8) is 0 Å². The molecule has 0 atom stereocenters. The molecule has 0 aliphatic carbocycles. The minimum Gasteiger partial charge on any atom is -0.478 e. The van der Waals surface area contributed by atoms with E-state index < -0.39 is 21.8 Å². The van der Waals surface area contributed by atoms with Crippen LogP contribution in [-0.4, -0.2) is 30.6 Å². The lowest BCUT2D eigenvalue weighted by atomic mass is 10.2. The first kappa shape index (κ1) is 16.3. The van der Waals surface area contributed by atoms with Crippen LogP contribution in [0.25, 0.3) is 0 Å². The average Bonchev–Trinajstić information content (AvgIpc) is 2.46. The van der Waals surface area contributed by atoms with Crippen molar-refractivity contribution in [3.05, 3.63) is 47.5 Å². The standard InChI is InChI=1S/C14H12N2O6S/c15-11-5-7(1-3-9(11)13(17)18)23(21,22)8-2-4-10(14(19)20)12(16)6-8/h1-6H,15-16H2,(H,17,18)(H,19,20). The van der Waals surface area contributed by atoms with Crippen molar-refractivity contribution < 1.29 is 28.2 Å². The molecule has 0 fully saturated rings. The maximum atomic E-state index is 12.5.